The Morgan fingerprint density at radius 3 is 2.43 bits per heavy atom. The molecule has 14 heavy (non-hydrogen) atoms. The second kappa shape index (κ2) is 6.50. The maximum Gasteiger partial charge on any atom is 0.238 e. The van der Waals surface area contributed by atoms with Crippen LogP contribution >= 0.6 is 0 Å². The molecule has 0 unspecified atom stereocenters. The maximum absolute atomic E-state index is 11.2. The van der Waals surface area contributed by atoms with Gasteiger partial charge in [-0.05, 0) is 12.3 Å². The zero-order valence-corrected chi connectivity index (χ0v) is 8.69. The average molecular weight is 201 g/mol. The van der Waals surface area contributed by atoms with Crippen LogP contribution in [0.4, 0.5) is 0 Å². The van der Waals surface area contributed by atoms with E-state index in [9.17, 15) is 9.59 Å². The molecule has 1 amide bonds. The van der Waals surface area contributed by atoms with Crippen LogP contribution in [0, 0.1) is 5.92 Å². The summed E-state index contributed by atoms with van der Waals surface area (Å²) in [5.41, 5.74) is 10.6. The van der Waals surface area contributed by atoms with Crippen molar-refractivity contribution in [2.75, 3.05) is 6.54 Å². The number of hydrogen-bond donors (Lipinski definition) is 3. The number of nitrogens with one attached hydrogen (secondary N) is 1. The first-order chi connectivity index (χ1) is 6.51. The van der Waals surface area contributed by atoms with Crippen LogP contribution in [0.25, 0.3) is 0 Å². The lowest BCUT2D eigenvalue weighted by molar-refractivity contribution is -0.125. The SMILES string of the molecule is CC(C)C[C@@H](C=O)NC(=O)[C@H](N)CN. The van der Waals surface area contributed by atoms with Crippen LogP contribution in [0.5, 0.6) is 0 Å². The number of hydrogen-bond acceptors (Lipinski definition) is 4. The Kier molecular flexibility index (Phi) is 6.07. The van der Waals surface area contributed by atoms with Crippen molar-refractivity contribution in [3.63, 3.8) is 0 Å². The zero-order chi connectivity index (χ0) is 11.1. The number of rotatable bonds is 6. The molecule has 0 aromatic rings. The van der Waals surface area contributed by atoms with E-state index >= 15 is 0 Å². The summed E-state index contributed by atoms with van der Waals surface area (Å²) in [6.07, 6.45) is 1.34. The van der Waals surface area contributed by atoms with Gasteiger partial charge < -0.3 is 21.6 Å². The normalized spacial score (nSPS) is 14.9. The van der Waals surface area contributed by atoms with E-state index < -0.39 is 12.1 Å². The molecule has 0 heterocycles. The van der Waals surface area contributed by atoms with E-state index in [4.69, 9.17) is 11.5 Å². The van der Waals surface area contributed by atoms with E-state index in [2.05, 4.69) is 5.32 Å². The Morgan fingerprint density at radius 2 is 2.07 bits per heavy atom. The van der Waals surface area contributed by atoms with Crippen LogP contribution in [0.2, 0.25) is 0 Å². The fraction of sp³-hybridized carbons (Fsp3) is 0.778. The van der Waals surface area contributed by atoms with Gasteiger partial charge in [0.2, 0.25) is 5.91 Å². The van der Waals surface area contributed by atoms with Gasteiger partial charge >= 0.3 is 0 Å². The van der Waals surface area contributed by atoms with Crippen molar-refractivity contribution < 1.29 is 9.59 Å². The number of nitrogens with two attached hydrogens (primary N) is 2. The van der Waals surface area contributed by atoms with E-state index in [1.807, 2.05) is 13.8 Å². The summed E-state index contributed by atoms with van der Waals surface area (Å²) in [4.78, 5) is 21.9. The van der Waals surface area contributed by atoms with Gasteiger partial charge in [-0.2, -0.15) is 0 Å². The molecule has 5 nitrogen and oxygen atoms in total. The first-order valence-corrected chi connectivity index (χ1v) is 4.72. The van der Waals surface area contributed by atoms with E-state index in [0.717, 1.165) is 6.29 Å². The van der Waals surface area contributed by atoms with Crippen molar-refractivity contribution in [2.45, 2.75) is 32.4 Å². The molecule has 0 aliphatic rings. The lowest BCUT2D eigenvalue weighted by Gasteiger charge is -2.17. The molecular weight excluding hydrogens is 182 g/mol. The van der Waals surface area contributed by atoms with Gasteiger partial charge in [0.15, 0.2) is 0 Å². The van der Waals surface area contributed by atoms with Crippen molar-refractivity contribution in [2.24, 2.45) is 17.4 Å². The van der Waals surface area contributed by atoms with Crippen molar-refractivity contribution >= 4 is 12.2 Å². The fourth-order valence-electron chi connectivity index (χ4n) is 1.05. The Labute approximate surface area is 84.2 Å². The quantitative estimate of drug-likeness (QED) is 0.480. The molecule has 0 fully saturated rings. The molecule has 0 saturated heterocycles. The molecule has 5 heteroatoms. The van der Waals surface area contributed by atoms with Crippen LogP contribution in [0.3, 0.4) is 0 Å². The highest BCUT2D eigenvalue weighted by atomic mass is 16.2. The van der Waals surface area contributed by atoms with Crippen molar-refractivity contribution in [1.29, 1.82) is 0 Å². The van der Waals surface area contributed by atoms with Gasteiger partial charge in [-0.15, -0.1) is 0 Å². The Morgan fingerprint density at radius 1 is 1.50 bits per heavy atom. The molecule has 82 valence electrons. The van der Waals surface area contributed by atoms with E-state index in [-0.39, 0.29) is 12.5 Å². The molecule has 0 aromatic heterocycles. The Hall–Kier alpha value is -0.940. The lowest BCUT2D eigenvalue weighted by Crippen LogP contribution is -2.49. The van der Waals surface area contributed by atoms with Gasteiger partial charge in [-0.3, -0.25) is 4.79 Å². The predicted octanol–water partition coefficient (Wildman–Crippen LogP) is -0.998. The van der Waals surface area contributed by atoms with E-state index in [0.29, 0.717) is 12.3 Å². The van der Waals surface area contributed by atoms with Gasteiger partial charge in [-0.1, -0.05) is 13.8 Å². The summed E-state index contributed by atoms with van der Waals surface area (Å²) in [6.45, 7) is 4.04. The highest BCUT2D eigenvalue weighted by Crippen LogP contribution is 2.02. The summed E-state index contributed by atoms with van der Waals surface area (Å²) in [7, 11) is 0. The maximum atomic E-state index is 11.2. The van der Waals surface area contributed by atoms with Gasteiger partial charge in [0.05, 0.1) is 12.1 Å². The van der Waals surface area contributed by atoms with Gasteiger partial charge in [-0.25, -0.2) is 0 Å². The third-order valence-electron chi connectivity index (χ3n) is 1.81. The van der Waals surface area contributed by atoms with Crippen LogP contribution < -0.4 is 16.8 Å². The van der Waals surface area contributed by atoms with Crippen LogP contribution in [-0.4, -0.2) is 30.8 Å². The van der Waals surface area contributed by atoms with Gasteiger partial charge in [0, 0.05) is 6.54 Å². The highest BCUT2D eigenvalue weighted by molar-refractivity contribution is 5.84. The van der Waals surface area contributed by atoms with E-state index in [1.165, 1.54) is 0 Å². The Bertz CT molecular complexity index is 194. The smallest absolute Gasteiger partial charge is 0.238 e. The summed E-state index contributed by atoms with van der Waals surface area (Å²) in [6, 6.07) is -1.19. The zero-order valence-electron chi connectivity index (χ0n) is 8.69. The minimum absolute atomic E-state index is 0.0824. The fourth-order valence-corrected chi connectivity index (χ4v) is 1.05. The van der Waals surface area contributed by atoms with Crippen molar-refractivity contribution in [1.82, 2.24) is 5.32 Å². The highest BCUT2D eigenvalue weighted by Gasteiger charge is 2.16. The molecular formula is C9H19N3O2. The second-order valence-electron chi connectivity index (χ2n) is 3.72. The molecule has 2 atom stereocenters. The minimum Gasteiger partial charge on any atom is -0.345 e. The molecule has 0 radical (unpaired) electrons. The number of amides is 1. The Balaban J connectivity index is 4.04. The van der Waals surface area contributed by atoms with Gasteiger partial charge in [0.25, 0.3) is 0 Å². The first-order valence-electron chi connectivity index (χ1n) is 4.72. The number of aldehydes is 1. The predicted molar refractivity (Wildman–Crippen MR) is 54.5 cm³/mol. The largest absolute Gasteiger partial charge is 0.345 e. The van der Waals surface area contributed by atoms with Crippen molar-refractivity contribution in [3.05, 3.63) is 0 Å². The van der Waals surface area contributed by atoms with Crippen molar-refractivity contribution in [3.8, 4) is 0 Å². The van der Waals surface area contributed by atoms with Crippen LogP contribution in [-0.2, 0) is 9.59 Å². The summed E-state index contributed by atoms with van der Waals surface area (Å²) in [5.74, 6) is -0.0233. The van der Waals surface area contributed by atoms with Crippen LogP contribution in [0.1, 0.15) is 20.3 Å². The number of carbonyl (C=O) groups excluding carboxylic acids is 2. The first kappa shape index (κ1) is 13.1. The van der Waals surface area contributed by atoms with E-state index in [1.54, 1.807) is 0 Å². The molecule has 0 aliphatic carbocycles. The molecule has 0 rings (SSSR count). The lowest BCUT2D eigenvalue weighted by atomic mass is 10.0. The summed E-state index contributed by atoms with van der Waals surface area (Å²) >= 11 is 0. The average Bonchev–Trinajstić information content (AvgIpc) is 2.14. The second-order valence-corrected chi connectivity index (χ2v) is 3.72. The monoisotopic (exact) mass is 201 g/mol. The third-order valence-corrected chi connectivity index (χ3v) is 1.81. The standard InChI is InChI=1S/C9H19N3O2/c1-6(2)3-7(5-13)12-9(14)8(11)4-10/h5-8H,3-4,10-11H2,1-2H3,(H,12,14)/t7-,8+/m0/s1. The molecule has 0 saturated carbocycles. The topological polar surface area (TPSA) is 98.2 Å². The summed E-state index contributed by atoms with van der Waals surface area (Å²) < 4.78 is 0. The molecule has 5 N–H and O–H groups in total. The number of carbonyl (C=O) groups is 2. The summed E-state index contributed by atoms with van der Waals surface area (Å²) in [5, 5.41) is 2.54. The molecule has 0 bridgehead atoms. The van der Waals surface area contributed by atoms with Gasteiger partial charge in [0.1, 0.15) is 6.29 Å². The molecule has 0 aromatic carbocycles. The minimum atomic E-state index is -0.732. The third kappa shape index (κ3) is 4.94. The molecule has 0 spiro atoms. The van der Waals surface area contributed by atoms with Crippen LogP contribution in [0.15, 0.2) is 0 Å². The molecule has 0 aliphatic heterocycles.